The van der Waals surface area contributed by atoms with Gasteiger partial charge in [0.15, 0.2) is 0 Å². The molecule has 0 aliphatic carbocycles. The molecule has 0 fully saturated rings. The van der Waals surface area contributed by atoms with Crippen LogP contribution in [0.4, 0.5) is 0 Å². The number of hydrogen-bond acceptors (Lipinski definition) is 5. The Hall–Kier alpha value is -1.66. The first-order valence-corrected chi connectivity index (χ1v) is 39.1. The Balaban J connectivity index is 3.38. The van der Waals surface area contributed by atoms with E-state index in [0.29, 0.717) is 19.4 Å². The predicted molar refractivity (Wildman–Crippen MR) is 375 cm³/mol. The molecule has 0 aliphatic heterocycles. The summed E-state index contributed by atoms with van der Waals surface area (Å²) in [5.41, 5.74) is 0. The van der Waals surface area contributed by atoms with Crippen molar-refractivity contribution in [3.63, 3.8) is 0 Å². The van der Waals surface area contributed by atoms with Gasteiger partial charge < -0.3 is 20.3 Å². The van der Waals surface area contributed by atoms with Crippen LogP contribution < -0.4 is 5.32 Å². The van der Waals surface area contributed by atoms with E-state index in [1.165, 1.54) is 379 Å². The van der Waals surface area contributed by atoms with Crippen LogP contribution in [0, 0.1) is 0 Å². The minimum atomic E-state index is -0.845. The minimum absolute atomic E-state index is 0.0216. The second kappa shape index (κ2) is 74.8. The molecule has 0 rings (SSSR count). The van der Waals surface area contributed by atoms with E-state index >= 15 is 0 Å². The van der Waals surface area contributed by atoms with Crippen molar-refractivity contribution < 1.29 is 24.5 Å². The number of carbonyl (C=O) groups excluding carboxylic acids is 2. The molecular weight excluding hydrogens is 1040 g/mol. The SMILES string of the molecule is CCCCCCCCCCCCCCCCCCCCC/C=C/C(O)C(CO)NC(=O)CCCCCCCCCCCCCCC/C=C\CCCCCCCCCCCCCCOC(=O)CCCCCCCCCCCCCCCCCCCC. The number of hydrogen-bond donors (Lipinski definition) is 3. The molecule has 504 valence electrons. The first-order valence-electron chi connectivity index (χ1n) is 39.1. The summed E-state index contributed by atoms with van der Waals surface area (Å²) in [4.78, 5) is 24.7. The Bertz CT molecular complexity index is 1330. The van der Waals surface area contributed by atoms with E-state index in [0.717, 1.165) is 38.5 Å². The molecule has 0 bridgehead atoms. The first kappa shape index (κ1) is 83.3. The number of esters is 1. The van der Waals surface area contributed by atoms with Gasteiger partial charge in [-0.1, -0.05) is 398 Å². The Labute approximate surface area is 532 Å². The van der Waals surface area contributed by atoms with Crippen molar-refractivity contribution in [3.8, 4) is 0 Å². The average Bonchev–Trinajstić information content (AvgIpc) is 3.51. The molecule has 2 unspecified atom stereocenters. The number of ether oxygens (including phenoxy) is 1. The predicted octanol–water partition coefficient (Wildman–Crippen LogP) is 25.7. The zero-order chi connectivity index (χ0) is 61.3. The monoisotopic (exact) mass is 1200 g/mol. The van der Waals surface area contributed by atoms with Gasteiger partial charge in [-0.15, -0.1) is 0 Å². The van der Waals surface area contributed by atoms with Crippen LogP contribution in [0.25, 0.3) is 0 Å². The Morgan fingerprint density at radius 3 is 0.835 bits per heavy atom. The van der Waals surface area contributed by atoms with Crippen molar-refractivity contribution in [1.82, 2.24) is 5.32 Å². The fourth-order valence-electron chi connectivity index (χ4n) is 12.5. The molecule has 2 atom stereocenters. The number of amides is 1. The molecule has 0 spiro atoms. The van der Waals surface area contributed by atoms with Crippen LogP contribution in [0.2, 0.25) is 0 Å². The maximum absolute atomic E-state index is 12.5. The molecule has 0 heterocycles. The topological polar surface area (TPSA) is 95.9 Å². The Kier molecular flexibility index (Phi) is 73.3. The number of allylic oxidation sites excluding steroid dienone is 3. The van der Waals surface area contributed by atoms with Gasteiger partial charge in [-0.2, -0.15) is 0 Å². The van der Waals surface area contributed by atoms with Gasteiger partial charge in [0, 0.05) is 12.8 Å². The van der Waals surface area contributed by atoms with Gasteiger partial charge in [-0.3, -0.25) is 9.59 Å². The molecule has 0 saturated carbocycles. The first-order chi connectivity index (χ1) is 42.0. The van der Waals surface area contributed by atoms with E-state index in [-0.39, 0.29) is 18.5 Å². The van der Waals surface area contributed by atoms with E-state index in [1.54, 1.807) is 6.08 Å². The molecule has 0 saturated heterocycles. The van der Waals surface area contributed by atoms with Gasteiger partial charge >= 0.3 is 5.97 Å². The van der Waals surface area contributed by atoms with Crippen molar-refractivity contribution in [2.45, 2.75) is 456 Å². The van der Waals surface area contributed by atoms with Gasteiger partial charge in [-0.05, 0) is 57.8 Å². The summed E-state index contributed by atoms with van der Waals surface area (Å²) in [7, 11) is 0. The van der Waals surface area contributed by atoms with Crippen molar-refractivity contribution in [3.05, 3.63) is 24.3 Å². The summed E-state index contributed by atoms with van der Waals surface area (Å²) in [6, 6.07) is -0.628. The van der Waals surface area contributed by atoms with Crippen molar-refractivity contribution in [1.29, 1.82) is 0 Å². The van der Waals surface area contributed by atoms with Gasteiger partial charge in [0.25, 0.3) is 0 Å². The maximum Gasteiger partial charge on any atom is 0.305 e. The Morgan fingerprint density at radius 2 is 0.553 bits per heavy atom. The standard InChI is InChI=1S/C79H153NO5/c1-3-5-7-9-11-13-15-17-19-21-23-33-36-39-43-47-51-55-59-63-67-71-77(82)76(75-81)80-78(83)72-68-64-60-56-52-48-44-40-37-34-31-29-27-25-24-26-28-30-32-35-38-42-46-50-54-58-62-66-70-74-85-79(84)73-69-65-61-57-53-49-45-41-22-20-18-16-14-12-10-8-6-4-2/h24,26,67,71,76-77,81-82H,3-23,25,27-66,68-70,72-75H2,1-2H3,(H,80,83)/b26-24-,71-67+. The lowest BCUT2D eigenvalue weighted by molar-refractivity contribution is -0.143. The smallest absolute Gasteiger partial charge is 0.305 e. The summed E-state index contributed by atoms with van der Waals surface area (Å²) in [6.07, 6.45) is 95.8. The molecular formula is C79H153NO5. The van der Waals surface area contributed by atoms with Crippen LogP contribution in [-0.4, -0.2) is 47.4 Å². The highest BCUT2D eigenvalue weighted by atomic mass is 16.5. The van der Waals surface area contributed by atoms with Crippen LogP contribution in [-0.2, 0) is 14.3 Å². The van der Waals surface area contributed by atoms with Gasteiger partial charge in [0.1, 0.15) is 0 Å². The quantitative estimate of drug-likeness (QED) is 0.0320. The zero-order valence-electron chi connectivity index (χ0n) is 57.9. The van der Waals surface area contributed by atoms with Crippen LogP contribution in [0.15, 0.2) is 24.3 Å². The molecule has 3 N–H and O–H groups in total. The molecule has 1 amide bonds. The highest BCUT2D eigenvalue weighted by Crippen LogP contribution is 2.20. The number of nitrogens with one attached hydrogen (secondary N) is 1. The third-order valence-corrected chi connectivity index (χ3v) is 18.5. The molecule has 0 radical (unpaired) electrons. The summed E-state index contributed by atoms with van der Waals surface area (Å²) in [6.45, 7) is 4.96. The van der Waals surface area contributed by atoms with Crippen LogP contribution in [0.5, 0.6) is 0 Å². The fourth-order valence-corrected chi connectivity index (χ4v) is 12.5. The zero-order valence-corrected chi connectivity index (χ0v) is 57.9. The highest BCUT2D eigenvalue weighted by Gasteiger charge is 2.18. The van der Waals surface area contributed by atoms with Crippen LogP contribution in [0.3, 0.4) is 0 Å². The van der Waals surface area contributed by atoms with Gasteiger partial charge in [0.05, 0.1) is 25.4 Å². The largest absolute Gasteiger partial charge is 0.466 e. The lowest BCUT2D eigenvalue weighted by atomic mass is 10.0. The van der Waals surface area contributed by atoms with Crippen molar-refractivity contribution in [2.75, 3.05) is 13.2 Å². The van der Waals surface area contributed by atoms with Crippen LogP contribution >= 0.6 is 0 Å². The molecule has 6 nitrogen and oxygen atoms in total. The minimum Gasteiger partial charge on any atom is -0.466 e. The third kappa shape index (κ3) is 71.3. The number of carbonyl (C=O) groups is 2. The number of rotatable bonds is 74. The van der Waals surface area contributed by atoms with E-state index in [9.17, 15) is 19.8 Å². The molecule has 0 aromatic carbocycles. The van der Waals surface area contributed by atoms with E-state index in [2.05, 4.69) is 31.3 Å². The maximum atomic E-state index is 12.5. The number of unbranched alkanes of at least 4 members (excludes halogenated alkanes) is 61. The number of aliphatic hydroxyl groups excluding tert-OH is 2. The van der Waals surface area contributed by atoms with Gasteiger partial charge in [-0.25, -0.2) is 0 Å². The van der Waals surface area contributed by atoms with E-state index < -0.39 is 12.1 Å². The van der Waals surface area contributed by atoms with E-state index in [4.69, 9.17) is 4.74 Å². The highest BCUT2D eigenvalue weighted by molar-refractivity contribution is 5.76. The van der Waals surface area contributed by atoms with E-state index in [1.807, 2.05) is 6.08 Å². The summed E-state index contributed by atoms with van der Waals surface area (Å²) in [5.74, 6) is -0.0408. The van der Waals surface area contributed by atoms with Crippen LogP contribution in [0.1, 0.15) is 444 Å². The fraction of sp³-hybridized carbons (Fsp3) is 0.924. The van der Waals surface area contributed by atoms with Crippen molar-refractivity contribution in [2.24, 2.45) is 0 Å². The lowest BCUT2D eigenvalue weighted by Crippen LogP contribution is -2.45. The summed E-state index contributed by atoms with van der Waals surface area (Å²) >= 11 is 0. The summed E-state index contributed by atoms with van der Waals surface area (Å²) < 4.78 is 5.52. The molecule has 6 heteroatoms. The molecule has 0 aromatic heterocycles. The normalized spacial score (nSPS) is 12.6. The average molecular weight is 1200 g/mol. The number of aliphatic hydroxyl groups is 2. The second-order valence-electron chi connectivity index (χ2n) is 27.0. The molecule has 85 heavy (non-hydrogen) atoms. The van der Waals surface area contributed by atoms with Crippen molar-refractivity contribution >= 4 is 11.9 Å². The molecule has 0 aliphatic rings. The lowest BCUT2D eigenvalue weighted by Gasteiger charge is -2.20. The Morgan fingerprint density at radius 1 is 0.318 bits per heavy atom. The third-order valence-electron chi connectivity index (χ3n) is 18.5. The molecule has 0 aromatic rings. The second-order valence-corrected chi connectivity index (χ2v) is 27.0. The van der Waals surface area contributed by atoms with Gasteiger partial charge in [0.2, 0.25) is 5.91 Å². The summed E-state index contributed by atoms with van der Waals surface area (Å²) in [5, 5.41) is 23.3.